The van der Waals surface area contributed by atoms with Crippen LogP contribution in [0.15, 0.2) is 36.4 Å². The summed E-state index contributed by atoms with van der Waals surface area (Å²) >= 11 is 0. The first-order valence-corrected chi connectivity index (χ1v) is 9.85. The van der Waals surface area contributed by atoms with Crippen molar-refractivity contribution in [1.82, 2.24) is 19.8 Å². The second-order valence-corrected chi connectivity index (χ2v) is 7.53. The molecule has 1 aromatic heterocycles. The highest BCUT2D eigenvalue weighted by atomic mass is 15.3. The van der Waals surface area contributed by atoms with Crippen LogP contribution in [0.3, 0.4) is 0 Å². The van der Waals surface area contributed by atoms with Gasteiger partial charge in [-0.15, -0.1) is 0 Å². The summed E-state index contributed by atoms with van der Waals surface area (Å²) in [4.78, 5) is 16.4. The summed E-state index contributed by atoms with van der Waals surface area (Å²) in [5.74, 6) is 1.78. The standard InChI is InChI=1S/C21H32N6/c1-18-16-20(22-10-7-11-25(2)3)24-21(23-18)27-14-12-26(13-15-27)17-19-8-5-4-6-9-19/h4-6,8-9,16H,7,10-15,17H2,1-3H3,(H,22,23,24). The molecule has 0 bridgehead atoms. The van der Waals surface area contributed by atoms with Crippen LogP contribution in [0.4, 0.5) is 11.8 Å². The Bertz CT molecular complexity index is 695. The van der Waals surface area contributed by atoms with Gasteiger partial charge < -0.3 is 15.1 Å². The monoisotopic (exact) mass is 368 g/mol. The fourth-order valence-corrected chi connectivity index (χ4v) is 3.34. The number of rotatable bonds is 8. The largest absolute Gasteiger partial charge is 0.370 e. The van der Waals surface area contributed by atoms with Gasteiger partial charge in [0.2, 0.25) is 5.95 Å². The summed E-state index contributed by atoms with van der Waals surface area (Å²) in [5.41, 5.74) is 2.39. The Balaban J connectivity index is 1.52. The van der Waals surface area contributed by atoms with Crippen LogP contribution in [0.25, 0.3) is 0 Å². The predicted octanol–water partition coefficient (Wildman–Crippen LogP) is 2.47. The molecule has 0 aliphatic carbocycles. The molecule has 6 heteroatoms. The third-order valence-electron chi connectivity index (χ3n) is 4.83. The van der Waals surface area contributed by atoms with Crippen molar-refractivity contribution in [1.29, 1.82) is 0 Å². The maximum absolute atomic E-state index is 4.75. The van der Waals surface area contributed by atoms with Gasteiger partial charge in [-0.25, -0.2) is 4.98 Å². The van der Waals surface area contributed by atoms with Gasteiger partial charge in [0.15, 0.2) is 0 Å². The van der Waals surface area contributed by atoms with Gasteiger partial charge in [0, 0.05) is 51.0 Å². The van der Waals surface area contributed by atoms with Gasteiger partial charge in [0.1, 0.15) is 5.82 Å². The van der Waals surface area contributed by atoms with Crippen LogP contribution in [0.5, 0.6) is 0 Å². The number of aromatic nitrogens is 2. The van der Waals surface area contributed by atoms with Crippen molar-refractivity contribution in [3.63, 3.8) is 0 Å². The fraction of sp³-hybridized carbons (Fsp3) is 0.524. The summed E-state index contributed by atoms with van der Waals surface area (Å²) in [5, 5.41) is 3.45. The second kappa shape index (κ2) is 9.67. The Hall–Kier alpha value is -2.18. The maximum atomic E-state index is 4.75. The van der Waals surface area contributed by atoms with E-state index in [2.05, 4.69) is 69.4 Å². The molecule has 0 atom stereocenters. The predicted molar refractivity (Wildman–Crippen MR) is 112 cm³/mol. The molecular formula is C21H32N6. The van der Waals surface area contributed by atoms with Gasteiger partial charge in [-0.1, -0.05) is 30.3 Å². The lowest BCUT2D eigenvalue weighted by molar-refractivity contribution is 0.248. The van der Waals surface area contributed by atoms with Gasteiger partial charge in [0.25, 0.3) is 0 Å². The lowest BCUT2D eigenvalue weighted by atomic mass is 10.2. The Kier molecular flexibility index (Phi) is 7.01. The number of anilines is 2. The van der Waals surface area contributed by atoms with Crippen LogP contribution in [0.1, 0.15) is 17.7 Å². The molecule has 0 spiro atoms. The minimum absolute atomic E-state index is 0.851. The van der Waals surface area contributed by atoms with Crippen molar-refractivity contribution in [3.8, 4) is 0 Å². The van der Waals surface area contributed by atoms with E-state index in [-0.39, 0.29) is 0 Å². The molecule has 1 aliphatic rings. The maximum Gasteiger partial charge on any atom is 0.227 e. The summed E-state index contributed by atoms with van der Waals surface area (Å²) in [6, 6.07) is 12.7. The summed E-state index contributed by atoms with van der Waals surface area (Å²) in [6.45, 7) is 9.08. The molecule has 2 aromatic rings. The minimum Gasteiger partial charge on any atom is -0.370 e. The first kappa shape index (κ1) is 19.6. The Labute approximate surface area is 163 Å². The van der Waals surface area contributed by atoms with E-state index in [0.717, 1.165) is 69.7 Å². The first-order chi connectivity index (χ1) is 13.1. The third-order valence-corrected chi connectivity index (χ3v) is 4.83. The molecule has 1 fully saturated rings. The lowest BCUT2D eigenvalue weighted by Gasteiger charge is -2.35. The quantitative estimate of drug-likeness (QED) is 0.723. The molecule has 1 aliphatic heterocycles. The summed E-state index contributed by atoms with van der Waals surface area (Å²) in [7, 11) is 4.20. The molecule has 0 amide bonds. The fourth-order valence-electron chi connectivity index (χ4n) is 3.34. The molecule has 0 unspecified atom stereocenters. The first-order valence-electron chi connectivity index (χ1n) is 9.85. The molecule has 0 saturated carbocycles. The zero-order chi connectivity index (χ0) is 19.1. The number of hydrogen-bond donors (Lipinski definition) is 1. The van der Waals surface area contributed by atoms with Gasteiger partial charge in [-0.05, 0) is 39.5 Å². The third kappa shape index (κ3) is 6.19. The summed E-state index contributed by atoms with van der Waals surface area (Å²) in [6.07, 6.45) is 1.10. The molecule has 6 nitrogen and oxygen atoms in total. The minimum atomic E-state index is 0.851. The molecule has 3 rings (SSSR count). The number of nitrogens with one attached hydrogen (secondary N) is 1. The Morgan fingerprint density at radius 1 is 1.04 bits per heavy atom. The summed E-state index contributed by atoms with van der Waals surface area (Å²) < 4.78 is 0. The van der Waals surface area contributed by atoms with Gasteiger partial charge in [-0.3, -0.25) is 4.90 Å². The van der Waals surface area contributed by atoms with Crippen LogP contribution in [-0.4, -0.2) is 73.1 Å². The van der Waals surface area contributed by atoms with Crippen LogP contribution in [0.2, 0.25) is 0 Å². The molecule has 146 valence electrons. The van der Waals surface area contributed by atoms with Gasteiger partial charge >= 0.3 is 0 Å². The molecule has 1 saturated heterocycles. The van der Waals surface area contributed by atoms with Crippen molar-refractivity contribution in [3.05, 3.63) is 47.7 Å². The lowest BCUT2D eigenvalue weighted by Crippen LogP contribution is -2.46. The second-order valence-electron chi connectivity index (χ2n) is 7.53. The number of benzene rings is 1. The van der Waals surface area contributed by atoms with Gasteiger partial charge in [-0.2, -0.15) is 4.98 Å². The molecule has 1 N–H and O–H groups in total. The topological polar surface area (TPSA) is 47.5 Å². The average molecular weight is 369 g/mol. The Morgan fingerprint density at radius 2 is 1.78 bits per heavy atom. The van der Waals surface area contributed by atoms with Crippen LogP contribution >= 0.6 is 0 Å². The van der Waals surface area contributed by atoms with Crippen molar-refractivity contribution >= 4 is 11.8 Å². The van der Waals surface area contributed by atoms with Crippen molar-refractivity contribution in [2.24, 2.45) is 0 Å². The van der Waals surface area contributed by atoms with E-state index < -0.39 is 0 Å². The van der Waals surface area contributed by atoms with E-state index in [9.17, 15) is 0 Å². The van der Waals surface area contributed by atoms with Crippen molar-refractivity contribution < 1.29 is 0 Å². The number of aryl methyl sites for hydroxylation is 1. The SMILES string of the molecule is Cc1cc(NCCCN(C)C)nc(N2CCN(Cc3ccccc3)CC2)n1. The van der Waals surface area contributed by atoms with E-state index in [1.165, 1.54) is 5.56 Å². The normalized spacial score (nSPS) is 15.3. The van der Waals surface area contributed by atoms with E-state index in [1.54, 1.807) is 0 Å². The van der Waals surface area contributed by atoms with E-state index in [4.69, 9.17) is 4.98 Å². The van der Waals surface area contributed by atoms with E-state index >= 15 is 0 Å². The van der Waals surface area contributed by atoms with Crippen molar-refractivity contribution in [2.75, 3.05) is 63.6 Å². The van der Waals surface area contributed by atoms with E-state index in [1.807, 2.05) is 13.0 Å². The number of piperazine rings is 1. The zero-order valence-electron chi connectivity index (χ0n) is 16.9. The van der Waals surface area contributed by atoms with Crippen LogP contribution in [0, 0.1) is 6.92 Å². The molecule has 1 aromatic carbocycles. The highest BCUT2D eigenvalue weighted by Gasteiger charge is 2.19. The average Bonchev–Trinajstić information content (AvgIpc) is 2.66. The van der Waals surface area contributed by atoms with Crippen LogP contribution in [-0.2, 0) is 6.54 Å². The molecule has 27 heavy (non-hydrogen) atoms. The smallest absolute Gasteiger partial charge is 0.227 e. The molecule has 2 heterocycles. The van der Waals surface area contributed by atoms with Crippen molar-refractivity contribution in [2.45, 2.75) is 19.9 Å². The molecular weight excluding hydrogens is 336 g/mol. The van der Waals surface area contributed by atoms with Crippen LogP contribution < -0.4 is 10.2 Å². The van der Waals surface area contributed by atoms with Gasteiger partial charge in [0.05, 0.1) is 0 Å². The zero-order valence-corrected chi connectivity index (χ0v) is 16.9. The number of hydrogen-bond acceptors (Lipinski definition) is 6. The Morgan fingerprint density at radius 3 is 2.48 bits per heavy atom. The van der Waals surface area contributed by atoms with E-state index in [0.29, 0.717) is 0 Å². The highest BCUT2D eigenvalue weighted by Crippen LogP contribution is 2.17. The highest BCUT2D eigenvalue weighted by molar-refractivity contribution is 5.44. The molecule has 0 radical (unpaired) electrons. The number of nitrogens with zero attached hydrogens (tertiary/aromatic N) is 5.